The Labute approximate surface area is 113 Å². The number of aromatic carboxylic acids is 1. The maximum atomic E-state index is 10.9. The molecule has 5 nitrogen and oxygen atoms in total. The van der Waals surface area contributed by atoms with Crippen LogP contribution in [0.2, 0.25) is 0 Å². The van der Waals surface area contributed by atoms with Gasteiger partial charge in [-0.05, 0) is 30.5 Å². The molecule has 19 heavy (non-hydrogen) atoms. The summed E-state index contributed by atoms with van der Waals surface area (Å²) in [5, 5.41) is 12.1. The number of nitrogens with one attached hydrogen (secondary N) is 1. The molecular weight excluding hydrogens is 244 g/mol. The van der Waals surface area contributed by atoms with Gasteiger partial charge >= 0.3 is 5.97 Å². The predicted octanol–water partition coefficient (Wildman–Crippen LogP) is 2.44. The van der Waals surface area contributed by atoms with Gasteiger partial charge in [-0.3, -0.25) is 0 Å². The lowest BCUT2D eigenvalue weighted by molar-refractivity contribution is 0.0698. The molecule has 5 heteroatoms. The van der Waals surface area contributed by atoms with Crippen LogP contribution in [0.25, 0.3) is 0 Å². The Balaban J connectivity index is 2.34. The fourth-order valence-corrected chi connectivity index (χ4v) is 1.58. The van der Waals surface area contributed by atoms with Gasteiger partial charge in [0.2, 0.25) is 0 Å². The Morgan fingerprint density at radius 1 is 1.47 bits per heavy atom. The van der Waals surface area contributed by atoms with E-state index >= 15 is 0 Å². The predicted molar refractivity (Wildman–Crippen MR) is 76.6 cm³/mol. The summed E-state index contributed by atoms with van der Waals surface area (Å²) in [7, 11) is 0. The van der Waals surface area contributed by atoms with Gasteiger partial charge in [-0.1, -0.05) is 13.8 Å². The Morgan fingerprint density at radius 2 is 2.21 bits per heavy atom. The molecule has 0 unspecified atom stereocenters. The van der Waals surface area contributed by atoms with Crippen LogP contribution in [-0.4, -0.2) is 30.8 Å². The molecule has 0 aliphatic carbocycles. The minimum atomic E-state index is -1.01. The van der Waals surface area contributed by atoms with Gasteiger partial charge in [-0.15, -0.1) is 0 Å². The van der Waals surface area contributed by atoms with Gasteiger partial charge in [0.05, 0.1) is 5.56 Å². The van der Waals surface area contributed by atoms with Crippen LogP contribution in [-0.2, 0) is 4.74 Å². The Kier molecular flexibility index (Phi) is 6.15. The molecule has 1 aromatic carbocycles. The molecule has 0 saturated carbocycles. The zero-order valence-corrected chi connectivity index (χ0v) is 11.5. The van der Waals surface area contributed by atoms with Crippen molar-refractivity contribution in [1.29, 1.82) is 0 Å². The highest BCUT2D eigenvalue weighted by Crippen LogP contribution is 2.17. The van der Waals surface area contributed by atoms with E-state index in [2.05, 4.69) is 19.2 Å². The number of nitrogen functional groups attached to an aromatic ring is 1. The molecule has 0 aliphatic rings. The van der Waals surface area contributed by atoms with Crippen LogP contribution < -0.4 is 11.1 Å². The van der Waals surface area contributed by atoms with E-state index in [4.69, 9.17) is 15.6 Å². The van der Waals surface area contributed by atoms with Crippen molar-refractivity contribution in [2.75, 3.05) is 30.8 Å². The van der Waals surface area contributed by atoms with Crippen LogP contribution >= 0.6 is 0 Å². The van der Waals surface area contributed by atoms with Crippen LogP contribution in [0.4, 0.5) is 11.4 Å². The molecule has 1 aromatic rings. The quantitative estimate of drug-likeness (QED) is 0.497. The van der Waals surface area contributed by atoms with E-state index in [1.807, 2.05) is 0 Å². The molecule has 0 saturated heterocycles. The van der Waals surface area contributed by atoms with Crippen LogP contribution in [0.1, 0.15) is 30.6 Å². The second kappa shape index (κ2) is 7.63. The summed E-state index contributed by atoms with van der Waals surface area (Å²) >= 11 is 0. The summed E-state index contributed by atoms with van der Waals surface area (Å²) < 4.78 is 5.46. The van der Waals surface area contributed by atoms with Gasteiger partial charge in [0.15, 0.2) is 0 Å². The van der Waals surface area contributed by atoms with E-state index in [0.29, 0.717) is 12.5 Å². The first-order valence-corrected chi connectivity index (χ1v) is 6.45. The third-order valence-corrected chi connectivity index (χ3v) is 2.53. The summed E-state index contributed by atoms with van der Waals surface area (Å²) in [6.45, 7) is 6.43. The summed E-state index contributed by atoms with van der Waals surface area (Å²) in [6, 6.07) is 4.92. The number of anilines is 2. The molecular formula is C14H22N2O3. The molecule has 0 radical (unpaired) electrons. The first-order valence-electron chi connectivity index (χ1n) is 6.45. The number of hydrogen-bond acceptors (Lipinski definition) is 4. The summed E-state index contributed by atoms with van der Waals surface area (Å²) in [6.07, 6.45) is 0.875. The minimum absolute atomic E-state index is 0.126. The number of benzene rings is 1. The van der Waals surface area contributed by atoms with Crippen molar-refractivity contribution in [1.82, 2.24) is 0 Å². The molecule has 0 aromatic heterocycles. The highest BCUT2D eigenvalue weighted by atomic mass is 16.5. The molecule has 0 aliphatic heterocycles. The fourth-order valence-electron chi connectivity index (χ4n) is 1.58. The maximum Gasteiger partial charge on any atom is 0.337 e. The molecule has 0 atom stereocenters. The van der Waals surface area contributed by atoms with E-state index < -0.39 is 5.97 Å². The molecule has 106 valence electrons. The number of carboxylic acids is 1. The largest absolute Gasteiger partial charge is 0.478 e. The SMILES string of the molecule is CC(C)COCCCNc1ccc(N)c(C(=O)O)c1. The zero-order valence-electron chi connectivity index (χ0n) is 11.5. The number of ether oxygens (including phenoxy) is 1. The Bertz CT molecular complexity index is 419. The molecule has 0 amide bonds. The zero-order chi connectivity index (χ0) is 14.3. The normalized spacial score (nSPS) is 10.7. The number of rotatable bonds is 8. The average Bonchev–Trinajstić information content (AvgIpc) is 2.34. The Hall–Kier alpha value is -1.75. The van der Waals surface area contributed by atoms with Crippen LogP contribution in [0.15, 0.2) is 18.2 Å². The lowest BCUT2D eigenvalue weighted by Crippen LogP contribution is -2.09. The van der Waals surface area contributed by atoms with Gasteiger partial charge in [-0.25, -0.2) is 4.79 Å². The van der Waals surface area contributed by atoms with E-state index in [0.717, 1.165) is 25.3 Å². The van der Waals surface area contributed by atoms with Crippen molar-refractivity contribution < 1.29 is 14.6 Å². The molecule has 0 spiro atoms. The van der Waals surface area contributed by atoms with Gasteiger partial charge in [0.25, 0.3) is 0 Å². The lowest BCUT2D eigenvalue weighted by Gasteiger charge is -2.10. The van der Waals surface area contributed by atoms with Gasteiger partial charge < -0.3 is 20.9 Å². The minimum Gasteiger partial charge on any atom is -0.478 e. The van der Waals surface area contributed by atoms with E-state index in [1.165, 1.54) is 0 Å². The summed E-state index contributed by atoms with van der Waals surface area (Å²) in [5.41, 5.74) is 6.75. The van der Waals surface area contributed by atoms with E-state index in [1.54, 1.807) is 18.2 Å². The smallest absolute Gasteiger partial charge is 0.337 e. The van der Waals surface area contributed by atoms with Gasteiger partial charge in [0.1, 0.15) is 0 Å². The molecule has 1 rings (SSSR count). The first kappa shape index (κ1) is 15.3. The maximum absolute atomic E-state index is 10.9. The van der Waals surface area contributed by atoms with Crippen LogP contribution in [0.5, 0.6) is 0 Å². The third-order valence-electron chi connectivity index (χ3n) is 2.53. The average molecular weight is 266 g/mol. The van der Waals surface area contributed by atoms with Crippen LogP contribution in [0.3, 0.4) is 0 Å². The number of carbonyl (C=O) groups is 1. The Morgan fingerprint density at radius 3 is 2.84 bits per heavy atom. The second-order valence-electron chi connectivity index (χ2n) is 4.86. The van der Waals surface area contributed by atoms with E-state index in [9.17, 15) is 4.79 Å². The third kappa shape index (κ3) is 5.61. The van der Waals surface area contributed by atoms with E-state index in [-0.39, 0.29) is 11.3 Å². The number of carboxylic acid groups (broad SMARTS) is 1. The molecule has 0 heterocycles. The first-order chi connectivity index (χ1) is 9.00. The van der Waals surface area contributed by atoms with Crippen molar-refractivity contribution in [3.63, 3.8) is 0 Å². The monoisotopic (exact) mass is 266 g/mol. The molecule has 0 bridgehead atoms. The molecule has 4 N–H and O–H groups in total. The fraction of sp³-hybridized carbons (Fsp3) is 0.500. The second-order valence-corrected chi connectivity index (χ2v) is 4.86. The summed E-state index contributed by atoms with van der Waals surface area (Å²) in [5.74, 6) is -0.468. The van der Waals surface area contributed by atoms with Gasteiger partial charge in [-0.2, -0.15) is 0 Å². The summed E-state index contributed by atoms with van der Waals surface area (Å²) in [4.78, 5) is 10.9. The standard InChI is InChI=1S/C14H22N2O3/c1-10(2)9-19-7-3-6-16-11-4-5-13(15)12(8-11)14(17)18/h4-5,8,10,16H,3,6-7,9,15H2,1-2H3,(H,17,18). The number of hydrogen-bond donors (Lipinski definition) is 3. The number of nitrogens with two attached hydrogens (primary N) is 1. The lowest BCUT2D eigenvalue weighted by atomic mass is 10.1. The topological polar surface area (TPSA) is 84.6 Å². The molecule has 0 fully saturated rings. The van der Waals surface area contributed by atoms with Crippen LogP contribution in [0, 0.1) is 5.92 Å². The highest BCUT2D eigenvalue weighted by molar-refractivity contribution is 5.94. The van der Waals surface area contributed by atoms with Crippen molar-refractivity contribution in [3.8, 4) is 0 Å². The van der Waals surface area contributed by atoms with Crippen molar-refractivity contribution in [3.05, 3.63) is 23.8 Å². The highest BCUT2D eigenvalue weighted by Gasteiger charge is 2.08. The van der Waals surface area contributed by atoms with Gasteiger partial charge in [0, 0.05) is 31.1 Å². The van der Waals surface area contributed by atoms with Crippen molar-refractivity contribution >= 4 is 17.3 Å². The van der Waals surface area contributed by atoms with Crippen molar-refractivity contribution in [2.45, 2.75) is 20.3 Å². The van der Waals surface area contributed by atoms with Crippen molar-refractivity contribution in [2.24, 2.45) is 5.92 Å².